The summed E-state index contributed by atoms with van der Waals surface area (Å²) in [4.78, 5) is 4.37. The molecule has 88 valence electrons. The summed E-state index contributed by atoms with van der Waals surface area (Å²) in [7, 11) is 0. The van der Waals surface area contributed by atoms with Crippen LogP contribution in [0.15, 0.2) is 47.1 Å². The maximum atomic E-state index is 4.37. The van der Waals surface area contributed by atoms with Crippen LogP contribution in [0.5, 0.6) is 0 Å². The Kier molecular flexibility index (Phi) is 3.79. The number of pyridine rings is 1. The molecular weight excluding hydrogens is 276 g/mol. The van der Waals surface area contributed by atoms with Crippen molar-refractivity contribution in [1.82, 2.24) is 4.98 Å². The van der Waals surface area contributed by atoms with Crippen LogP contribution in [0.3, 0.4) is 0 Å². The van der Waals surface area contributed by atoms with Crippen LogP contribution in [0.25, 0.3) is 0 Å². The molecule has 0 fully saturated rings. The van der Waals surface area contributed by atoms with Gasteiger partial charge in [-0.1, -0.05) is 30.3 Å². The number of halogens is 1. The first-order valence-corrected chi connectivity index (χ1v) is 6.41. The smallest absolute Gasteiger partial charge is 0.127 e. The lowest BCUT2D eigenvalue weighted by molar-refractivity contribution is 0.864. The Hall–Kier alpha value is -1.35. The molecule has 2 rings (SSSR count). The number of hydrogen-bond donors (Lipinski definition) is 1. The quantitative estimate of drug-likeness (QED) is 0.852. The minimum absolute atomic E-state index is 0.248. The molecule has 2 nitrogen and oxygen atoms in total. The van der Waals surface area contributed by atoms with Crippen LogP contribution in [0.2, 0.25) is 0 Å². The maximum absolute atomic E-state index is 4.37. The van der Waals surface area contributed by atoms with Gasteiger partial charge < -0.3 is 5.32 Å². The molecule has 0 saturated carbocycles. The van der Waals surface area contributed by atoms with Crippen LogP contribution < -0.4 is 5.32 Å². The van der Waals surface area contributed by atoms with Gasteiger partial charge in [0.2, 0.25) is 0 Å². The first kappa shape index (κ1) is 12.1. The molecule has 1 N–H and O–H groups in total. The predicted octanol–water partition coefficient (Wildman–Crippen LogP) is 4.33. The molecule has 0 radical (unpaired) electrons. The van der Waals surface area contributed by atoms with Crippen LogP contribution >= 0.6 is 15.9 Å². The molecule has 0 spiro atoms. The number of aryl methyl sites for hydroxylation is 1. The van der Waals surface area contributed by atoms with Crippen molar-refractivity contribution < 1.29 is 0 Å². The molecule has 0 saturated heterocycles. The highest BCUT2D eigenvalue weighted by Crippen LogP contribution is 2.21. The van der Waals surface area contributed by atoms with Gasteiger partial charge in [-0.05, 0) is 53.0 Å². The van der Waals surface area contributed by atoms with E-state index in [4.69, 9.17) is 0 Å². The normalized spacial score (nSPS) is 12.2. The van der Waals surface area contributed by atoms with Crippen molar-refractivity contribution in [2.75, 3.05) is 5.32 Å². The number of anilines is 1. The summed E-state index contributed by atoms with van der Waals surface area (Å²) in [6.45, 7) is 4.27. The van der Waals surface area contributed by atoms with Crippen molar-refractivity contribution in [1.29, 1.82) is 0 Å². The summed E-state index contributed by atoms with van der Waals surface area (Å²) < 4.78 is 0.847. The Morgan fingerprint density at radius 2 is 1.88 bits per heavy atom. The molecule has 1 aromatic carbocycles. The standard InChI is InChI=1S/C14H15BrN2/c1-10-6-3-4-7-12(10)11(2)16-14-9-5-8-13(15)17-14/h3-9,11H,1-2H3,(H,16,17). The van der Waals surface area contributed by atoms with E-state index in [1.807, 2.05) is 18.2 Å². The van der Waals surface area contributed by atoms with Gasteiger partial charge in [0, 0.05) is 0 Å². The van der Waals surface area contributed by atoms with E-state index in [2.05, 4.69) is 64.3 Å². The lowest BCUT2D eigenvalue weighted by atomic mass is 10.0. The van der Waals surface area contributed by atoms with Crippen LogP contribution in [-0.2, 0) is 0 Å². The number of hydrogen-bond acceptors (Lipinski definition) is 2. The van der Waals surface area contributed by atoms with Gasteiger partial charge in [0.05, 0.1) is 6.04 Å². The highest BCUT2D eigenvalue weighted by molar-refractivity contribution is 9.10. The summed E-state index contributed by atoms with van der Waals surface area (Å²) in [6.07, 6.45) is 0. The maximum Gasteiger partial charge on any atom is 0.127 e. The van der Waals surface area contributed by atoms with Crippen molar-refractivity contribution >= 4 is 21.7 Å². The molecule has 0 aliphatic rings. The molecular formula is C14H15BrN2. The van der Waals surface area contributed by atoms with E-state index in [-0.39, 0.29) is 6.04 Å². The van der Waals surface area contributed by atoms with E-state index in [0.29, 0.717) is 0 Å². The summed E-state index contributed by atoms with van der Waals surface area (Å²) in [5.74, 6) is 0.884. The van der Waals surface area contributed by atoms with Crippen LogP contribution in [0.1, 0.15) is 24.1 Å². The molecule has 3 heteroatoms. The van der Waals surface area contributed by atoms with Gasteiger partial charge in [-0.15, -0.1) is 0 Å². The molecule has 2 aromatic rings. The van der Waals surface area contributed by atoms with E-state index < -0.39 is 0 Å². The average Bonchev–Trinajstić information content (AvgIpc) is 2.29. The molecule has 0 bridgehead atoms. The van der Waals surface area contributed by atoms with Crippen molar-refractivity contribution in [2.45, 2.75) is 19.9 Å². The van der Waals surface area contributed by atoms with Gasteiger partial charge >= 0.3 is 0 Å². The van der Waals surface area contributed by atoms with E-state index in [1.54, 1.807) is 0 Å². The molecule has 1 atom stereocenters. The summed E-state index contributed by atoms with van der Waals surface area (Å²) in [6, 6.07) is 14.5. The van der Waals surface area contributed by atoms with Gasteiger partial charge in [-0.25, -0.2) is 4.98 Å². The second kappa shape index (κ2) is 5.32. The topological polar surface area (TPSA) is 24.9 Å². The van der Waals surface area contributed by atoms with Crippen molar-refractivity contribution in [3.8, 4) is 0 Å². The van der Waals surface area contributed by atoms with E-state index in [0.717, 1.165) is 10.4 Å². The fourth-order valence-corrected chi connectivity index (χ4v) is 2.20. The van der Waals surface area contributed by atoms with Crippen molar-refractivity contribution in [3.05, 3.63) is 58.2 Å². The highest BCUT2D eigenvalue weighted by Gasteiger charge is 2.08. The van der Waals surface area contributed by atoms with E-state index in [1.165, 1.54) is 11.1 Å². The van der Waals surface area contributed by atoms with E-state index >= 15 is 0 Å². The monoisotopic (exact) mass is 290 g/mol. The number of nitrogens with one attached hydrogen (secondary N) is 1. The zero-order chi connectivity index (χ0) is 12.3. The predicted molar refractivity (Wildman–Crippen MR) is 75.2 cm³/mol. The van der Waals surface area contributed by atoms with Crippen molar-refractivity contribution in [2.24, 2.45) is 0 Å². The molecule has 1 unspecified atom stereocenters. The number of rotatable bonds is 3. The molecule has 0 aliphatic carbocycles. The van der Waals surface area contributed by atoms with E-state index in [9.17, 15) is 0 Å². The second-order valence-electron chi connectivity index (χ2n) is 4.07. The van der Waals surface area contributed by atoms with Gasteiger partial charge in [0.1, 0.15) is 10.4 Å². The van der Waals surface area contributed by atoms with Crippen LogP contribution in [0.4, 0.5) is 5.82 Å². The largest absolute Gasteiger partial charge is 0.364 e. The minimum atomic E-state index is 0.248. The van der Waals surface area contributed by atoms with Crippen LogP contribution in [0, 0.1) is 6.92 Å². The third kappa shape index (κ3) is 3.07. The fraction of sp³-hybridized carbons (Fsp3) is 0.214. The molecule has 0 aliphatic heterocycles. The third-order valence-corrected chi connectivity index (χ3v) is 3.18. The third-order valence-electron chi connectivity index (χ3n) is 2.73. The Morgan fingerprint density at radius 1 is 1.12 bits per heavy atom. The van der Waals surface area contributed by atoms with Gasteiger partial charge in [0.25, 0.3) is 0 Å². The molecule has 17 heavy (non-hydrogen) atoms. The summed E-state index contributed by atoms with van der Waals surface area (Å²) in [5.41, 5.74) is 2.59. The first-order valence-electron chi connectivity index (χ1n) is 5.61. The fourth-order valence-electron chi connectivity index (χ4n) is 1.86. The summed E-state index contributed by atoms with van der Waals surface area (Å²) in [5, 5.41) is 3.40. The molecule has 0 amide bonds. The second-order valence-corrected chi connectivity index (χ2v) is 4.88. The van der Waals surface area contributed by atoms with Gasteiger partial charge in [-0.2, -0.15) is 0 Å². The Bertz CT molecular complexity index is 511. The Morgan fingerprint density at radius 3 is 2.59 bits per heavy atom. The molecule has 1 aromatic heterocycles. The highest BCUT2D eigenvalue weighted by atomic mass is 79.9. The van der Waals surface area contributed by atoms with Gasteiger partial charge in [0.15, 0.2) is 0 Å². The average molecular weight is 291 g/mol. The minimum Gasteiger partial charge on any atom is -0.364 e. The zero-order valence-electron chi connectivity index (χ0n) is 9.94. The lowest BCUT2D eigenvalue weighted by Crippen LogP contribution is -2.09. The molecule has 1 heterocycles. The lowest BCUT2D eigenvalue weighted by Gasteiger charge is -2.17. The SMILES string of the molecule is Cc1ccccc1C(C)Nc1cccc(Br)n1. The van der Waals surface area contributed by atoms with Crippen molar-refractivity contribution in [3.63, 3.8) is 0 Å². The summed E-state index contributed by atoms with van der Waals surface area (Å²) >= 11 is 3.37. The zero-order valence-corrected chi connectivity index (χ0v) is 11.5. The number of benzene rings is 1. The Balaban J connectivity index is 2.17. The van der Waals surface area contributed by atoms with Crippen LogP contribution in [-0.4, -0.2) is 4.98 Å². The Labute approximate surface area is 110 Å². The first-order chi connectivity index (χ1) is 8.16. The van der Waals surface area contributed by atoms with Gasteiger partial charge in [-0.3, -0.25) is 0 Å². The number of aromatic nitrogens is 1. The number of nitrogens with zero attached hydrogens (tertiary/aromatic N) is 1.